The first kappa shape index (κ1) is 17.6. The van der Waals surface area contributed by atoms with E-state index < -0.39 is 12.0 Å². The second-order valence-corrected chi connectivity index (χ2v) is 7.19. The van der Waals surface area contributed by atoms with Crippen LogP contribution < -0.4 is 5.32 Å². The molecule has 0 fully saturated rings. The Kier molecular flexibility index (Phi) is 5.85. The minimum Gasteiger partial charge on any atom is -0.481 e. The van der Waals surface area contributed by atoms with Gasteiger partial charge in [0.05, 0.1) is 18.0 Å². The predicted molar refractivity (Wildman–Crippen MR) is 94.5 cm³/mol. The fourth-order valence-electron chi connectivity index (χ4n) is 2.24. The highest BCUT2D eigenvalue weighted by atomic mass is 32.2. The van der Waals surface area contributed by atoms with Crippen LogP contribution in [-0.4, -0.2) is 23.2 Å². The maximum Gasteiger partial charge on any atom is 0.305 e. The van der Waals surface area contributed by atoms with Crippen LogP contribution in [0.15, 0.2) is 34.5 Å². The number of nitrogens with one attached hydrogen (secondary N) is 1. The van der Waals surface area contributed by atoms with Gasteiger partial charge >= 0.3 is 5.97 Å². The van der Waals surface area contributed by atoms with Gasteiger partial charge in [0, 0.05) is 15.2 Å². The highest BCUT2D eigenvalue weighted by molar-refractivity contribution is 7.98. The highest BCUT2D eigenvalue weighted by Crippen LogP contribution is 2.24. The molecule has 1 amide bonds. The molecule has 4 nitrogen and oxygen atoms in total. The smallest absolute Gasteiger partial charge is 0.305 e. The second kappa shape index (κ2) is 7.66. The number of rotatable bonds is 6. The van der Waals surface area contributed by atoms with E-state index in [1.54, 1.807) is 11.8 Å². The Morgan fingerprint density at radius 1 is 1.26 bits per heavy atom. The van der Waals surface area contributed by atoms with Gasteiger partial charge in [-0.3, -0.25) is 9.59 Å². The zero-order chi connectivity index (χ0) is 17.0. The number of hydrogen-bond acceptors (Lipinski definition) is 4. The topological polar surface area (TPSA) is 66.4 Å². The number of benzene rings is 1. The summed E-state index contributed by atoms with van der Waals surface area (Å²) in [5.74, 6) is -1.17. The lowest BCUT2D eigenvalue weighted by atomic mass is 10.0. The van der Waals surface area contributed by atoms with Crippen molar-refractivity contribution in [2.45, 2.75) is 31.2 Å². The molecule has 23 heavy (non-hydrogen) atoms. The van der Waals surface area contributed by atoms with Crippen molar-refractivity contribution in [3.63, 3.8) is 0 Å². The van der Waals surface area contributed by atoms with Crippen LogP contribution in [0.3, 0.4) is 0 Å². The molecule has 6 heteroatoms. The summed E-state index contributed by atoms with van der Waals surface area (Å²) in [7, 11) is 0. The molecule has 0 spiro atoms. The van der Waals surface area contributed by atoms with E-state index >= 15 is 0 Å². The van der Waals surface area contributed by atoms with Crippen molar-refractivity contribution in [2.75, 3.05) is 6.26 Å². The van der Waals surface area contributed by atoms with Gasteiger partial charge in [0.2, 0.25) is 0 Å². The minimum absolute atomic E-state index is 0.146. The number of aliphatic carboxylic acids is 1. The second-order valence-electron chi connectivity index (χ2n) is 5.23. The molecular weight excluding hydrogens is 330 g/mol. The number of carbonyl (C=O) groups is 2. The summed E-state index contributed by atoms with van der Waals surface area (Å²) in [5, 5.41) is 13.8. The zero-order valence-corrected chi connectivity index (χ0v) is 14.9. The van der Waals surface area contributed by atoms with Crippen LogP contribution in [0.1, 0.15) is 38.8 Å². The molecule has 2 aromatic rings. The fraction of sp³-hybridized carbons (Fsp3) is 0.294. The lowest BCUT2D eigenvalue weighted by molar-refractivity contribution is -0.137. The molecule has 1 aromatic carbocycles. The van der Waals surface area contributed by atoms with Crippen LogP contribution in [0.25, 0.3) is 0 Å². The molecule has 0 aliphatic heterocycles. The van der Waals surface area contributed by atoms with Crippen molar-refractivity contribution in [1.82, 2.24) is 5.32 Å². The normalized spacial score (nSPS) is 12.0. The average Bonchev–Trinajstić information content (AvgIpc) is 2.86. The SMILES string of the molecule is CSc1ccc(C(CC(=O)O)NC(=O)c2csc(C)c2C)cc1. The molecule has 0 aliphatic rings. The predicted octanol–water partition coefficient (Wildman–Crippen LogP) is 4.03. The number of carbonyl (C=O) groups excluding carboxylic acids is 1. The monoisotopic (exact) mass is 349 g/mol. The Labute approximate surface area is 143 Å². The lowest BCUT2D eigenvalue weighted by Gasteiger charge is -2.18. The van der Waals surface area contributed by atoms with Gasteiger partial charge in [0.15, 0.2) is 0 Å². The third-order valence-electron chi connectivity index (χ3n) is 3.73. The van der Waals surface area contributed by atoms with Crippen LogP contribution in [0.4, 0.5) is 0 Å². The van der Waals surface area contributed by atoms with Gasteiger partial charge in [0.25, 0.3) is 5.91 Å². The molecule has 0 aliphatic carbocycles. The van der Waals surface area contributed by atoms with Crippen LogP contribution in [0.2, 0.25) is 0 Å². The number of hydrogen-bond donors (Lipinski definition) is 2. The quantitative estimate of drug-likeness (QED) is 0.773. The Balaban J connectivity index is 2.22. The largest absolute Gasteiger partial charge is 0.481 e. The van der Waals surface area contributed by atoms with E-state index in [2.05, 4.69) is 5.32 Å². The maximum absolute atomic E-state index is 12.5. The molecule has 0 saturated carbocycles. The summed E-state index contributed by atoms with van der Waals surface area (Å²) in [6, 6.07) is 7.05. The highest BCUT2D eigenvalue weighted by Gasteiger charge is 2.21. The summed E-state index contributed by atoms with van der Waals surface area (Å²) < 4.78 is 0. The van der Waals surface area contributed by atoms with E-state index in [0.717, 1.165) is 20.9 Å². The van der Waals surface area contributed by atoms with E-state index in [9.17, 15) is 9.59 Å². The molecule has 2 rings (SSSR count). The Hall–Kier alpha value is -1.79. The summed E-state index contributed by atoms with van der Waals surface area (Å²) in [6.07, 6.45) is 1.83. The van der Waals surface area contributed by atoms with Gasteiger partial charge in [-0.2, -0.15) is 0 Å². The summed E-state index contributed by atoms with van der Waals surface area (Å²) in [5.41, 5.74) is 2.35. The fourth-order valence-corrected chi connectivity index (χ4v) is 3.51. The number of thiophene rings is 1. The van der Waals surface area contributed by atoms with E-state index in [0.29, 0.717) is 5.56 Å². The van der Waals surface area contributed by atoms with E-state index in [1.807, 2.05) is 49.7 Å². The van der Waals surface area contributed by atoms with Gasteiger partial charge in [0.1, 0.15) is 0 Å². The van der Waals surface area contributed by atoms with Crippen LogP contribution >= 0.6 is 23.1 Å². The summed E-state index contributed by atoms with van der Waals surface area (Å²) in [4.78, 5) is 25.8. The van der Waals surface area contributed by atoms with E-state index in [1.165, 1.54) is 11.3 Å². The van der Waals surface area contributed by atoms with Crippen molar-refractivity contribution in [3.05, 3.63) is 51.2 Å². The minimum atomic E-state index is -0.942. The molecule has 0 radical (unpaired) electrons. The Morgan fingerprint density at radius 2 is 1.91 bits per heavy atom. The molecule has 1 heterocycles. The molecule has 0 saturated heterocycles. The molecule has 1 atom stereocenters. The zero-order valence-electron chi connectivity index (χ0n) is 13.3. The average molecular weight is 349 g/mol. The first-order valence-corrected chi connectivity index (χ1v) is 9.24. The molecule has 2 N–H and O–H groups in total. The first-order chi connectivity index (χ1) is 10.9. The van der Waals surface area contributed by atoms with Crippen molar-refractivity contribution in [3.8, 4) is 0 Å². The first-order valence-electron chi connectivity index (χ1n) is 7.13. The van der Waals surface area contributed by atoms with Crippen molar-refractivity contribution in [1.29, 1.82) is 0 Å². The molecule has 0 bridgehead atoms. The third-order valence-corrected chi connectivity index (χ3v) is 5.49. The summed E-state index contributed by atoms with van der Waals surface area (Å²) >= 11 is 3.14. The lowest BCUT2D eigenvalue weighted by Crippen LogP contribution is -2.30. The molecule has 1 aromatic heterocycles. The van der Waals surface area contributed by atoms with Crippen molar-refractivity contribution in [2.24, 2.45) is 0 Å². The Bertz CT molecular complexity index is 707. The third kappa shape index (κ3) is 4.36. The van der Waals surface area contributed by atoms with Crippen LogP contribution in [-0.2, 0) is 4.79 Å². The van der Waals surface area contributed by atoms with Gasteiger partial charge in [-0.05, 0) is 43.4 Å². The molecular formula is C17H19NO3S2. The van der Waals surface area contributed by atoms with Crippen molar-refractivity contribution < 1.29 is 14.7 Å². The van der Waals surface area contributed by atoms with Gasteiger partial charge in [-0.15, -0.1) is 23.1 Å². The number of thioether (sulfide) groups is 1. The van der Waals surface area contributed by atoms with E-state index in [4.69, 9.17) is 5.11 Å². The summed E-state index contributed by atoms with van der Waals surface area (Å²) in [6.45, 7) is 3.87. The molecule has 1 unspecified atom stereocenters. The van der Waals surface area contributed by atoms with Crippen LogP contribution in [0.5, 0.6) is 0 Å². The Morgan fingerprint density at radius 3 is 2.39 bits per heavy atom. The number of aryl methyl sites for hydroxylation is 1. The number of carboxylic acid groups (broad SMARTS) is 1. The molecule has 122 valence electrons. The van der Waals surface area contributed by atoms with Gasteiger partial charge in [-0.1, -0.05) is 12.1 Å². The maximum atomic E-state index is 12.5. The van der Waals surface area contributed by atoms with Crippen molar-refractivity contribution >= 4 is 35.0 Å². The number of carboxylic acids is 1. The van der Waals surface area contributed by atoms with Gasteiger partial charge in [-0.25, -0.2) is 0 Å². The standard InChI is InChI=1S/C17H19NO3S2/c1-10-11(2)23-9-14(10)17(21)18-15(8-16(19)20)12-4-6-13(22-3)7-5-12/h4-7,9,15H,8H2,1-3H3,(H,18,21)(H,19,20). The number of amides is 1. The van der Waals surface area contributed by atoms with Crippen LogP contribution in [0, 0.1) is 13.8 Å². The van der Waals surface area contributed by atoms with Gasteiger partial charge < -0.3 is 10.4 Å². The van der Waals surface area contributed by atoms with E-state index in [-0.39, 0.29) is 12.3 Å².